The van der Waals surface area contributed by atoms with Gasteiger partial charge >= 0.3 is 0 Å². The topological polar surface area (TPSA) is 82.6 Å². The molecule has 0 unspecified atom stereocenters. The molecule has 2 atom stereocenters. The fourth-order valence-corrected chi connectivity index (χ4v) is 4.36. The van der Waals surface area contributed by atoms with Gasteiger partial charge in [0, 0.05) is 42.1 Å². The summed E-state index contributed by atoms with van der Waals surface area (Å²) >= 11 is 0. The van der Waals surface area contributed by atoms with E-state index < -0.39 is 0 Å². The zero-order valence-electron chi connectivity index (χ0n) is 13.4. The van der Waals surface area contributed by atoms with E-state index >= 15 is 0 Å². The third kappa shape index (κ3) is 2.08. The Hall–Kier alpha value is -1.66. The number of nitrogens with one attached hydrogen (secondary N) is 1. The number of Topliss-reactive ketones (excluding diaryl/α,β-unsaturated/α-hetero) is 1. The number of aliphatic hydroxyl groups excluding tert-OH is 1. The first-order chi connectivity index (χ1) is 11.1. The van der Waals surface area contributed by atoms with E-state index in [-0.39, 0.29) is 29.6 Å². The molecule has 4 rings (SSSR count). The number of aromatic amines is 1. The first-order valence-electron chi connectivity index (χ1n) is 8.28. The first kappa shape index (κ1) is 14.9. The number of carbonyl (C=O) groups is 2. The van der Waals surface area contributed by atoms with Crippen LogP contribution in [0, 0.1) is 18.3 Å². The molecule has 23 heavy (non-hydrogen) atoms. The molecule has 1 aromatic heterocycles. The van der Waals surface area contributed by atoms with Crippen LogP contribution in [-0.2, 0) is 11.2 Å². The predicted octanol–water partition coefficient (Wildman–Crippen LogP) is 0.923. The van der Waals surface area contributed by atoms with Gasteiger partial charge in [-0.25, -0.2) is 0 Å². The number of hydrogen-bond donors (Lipinski definition) is 2. The average Bonchev–Trinajstić information content (AvgIpc) is 3.17. The molecule has 3 heterocycles. The summed E-state index contributed by atoms with van der Waals surface area (Å²) in [4.78, 5) is 30.1. The van der Waals surface area contributed by atoms with E-state index in [1.54, 1.807) is 4.90 Å². The van der Waals surface area contributed by atoms with Gasteiger partial charge in [0.25, 0.3) is 5.91 Å². The number of hydrogen-bond acceptors (Lipinski definition) is 4. The zero-order chi connectivity index (χ0) is 16.2. The fourth-order valence-electron chi connectivity index (χ4n) is 4.36. The lowest BCUT2D eigenvalue weighted by Gasteiger charge is -2.24. The second-order valence-corrected chi connectivity index (χ2v) is 7.17. The van der Waals surface area contributed by atoms with Crippen LogP contribution in [0.4, 0.5) is 0 Å². The summed E-state index contributed by atoms with van der Waals surface area (Å²) in [6, 6.07) is 0. The Morgan fingerprint density at radius 2 is 2.30 bits per heavy atom. The first-order valence-corrected chi connectivity index (χ1v) is 8.28. The molecule has 3 aliphatic rings. The number of carbonyl (C=O) groups excluding carboxylic acids is 2. The van der Waals surface area contributed by atoms with Crippen molar-refractivity contribution in [2.24, 2.45) is 11.3 Å². The number of ketones is 1. The Morgan fingerprint density at radius 3 is 3.00 bits per heavy atom. The molecule has 2 N–H and O–H groups in total. The summed E-state index contributed by atoms with van der Waals surface area (Å²) < 4.78 is 5.49. The van der Waals surface area contributed by atoms with Gasteiger partial charge < -0.3 is 19.7 Å². The minimum absolute atomic E-state index is 0.0418. The average molecular weight is 318 g/mol. The number of nitrogens with zero attached hydrogens (tertiary/aromatic N) is 1. The third-order valence-corrected chi connectivity index (χ3v) is 5.77. The Morgan fingerprint density at radius 1 is 1.48 bits per heavy atom. The highest BCUT2D eigenvalue weighted by Gasteiger charge is 2.51. The maximum absolute atomic E-state index is 12.9. The number of likely N-dealkylation sites (tertiary alicyclic amines) is 1. The van der Waals surface area contributed by atoms with E-state index in [1.807, 2.05) is 6.92 Å². The van der Waals surface area contributed by atoms with Crippen LogP contribution in [-0.4, -0.2) is 59.6 Å². The fraction of sp³-hybridized carbons (Fsp3) is 0.647. The Kier molecular flexibility index (Phi) is 3.35. The van der Waals surface area contributed by atoms with E-state index in [2.05, 4.69) is 4.98 Å². The Labute approximate surface area is 134 Å². The van der Waals surface area contributed by atoms with Gasteiger partial charge in [0.1, 0.15) is 5.69 Å². The molecule has 0 saturated carbocycles. The predicted molar refractivity (Wildman–Crippen MR) is 82.5 cm³/mol. The lowest BCUT2D eigenvalue weighted by Crippen LogP contribution is -2.36. The van der Waals surface area contributed by atoms with Crippen molar-refractivity contribution >= 4 is 11.7 Å². The van der Waals surface area contributed by atoms with E-state index in [4.69, 9.17) is 4.74 Å². The summed E-state index contributed by atoms with van der Waals surface area (Å²) in [5.41, 5.74) is 2.63. The van der Waals surface area contributed by atoms with Crippen LogP contribution >= 0.6 is 0 Å². The number of aryl methyl sites for hydroxylation is 1. The second kappa shape index (κ2) is 5.18. The molecular formula is C17H22N2O4. The normalized spacial score (nSPS) is 29.7. The number of aliphatic hydroxyl groups is 1. The molecule has 2 aliphatic heterocycles. The largest absolute Gasteiger partial charge is 0.396 e. The molecule has 1 amide bonds. The van der Waals surface area contributed by atoms with E-state index in [0.29, 0.717) is 38.4 Å². The number of ether oxygens (including phenoxy) is 1. The summed E-state index contributed by atoms with van der Waals surface area (Å²) in [5, 5.41) is 9.75. The quantitative estimate of drug-likeness (QED) is 0.849. The lowest BCUT2D eigenvalue weighted by atomic mass is 9.82. The van der Waals surface area contributed by atoms with Gasteiger partial charge in [0.2, 0.25) is 0 Å². The molecule has 0 bridgehead atoms. The van der Waals surface area contributed by atoms with Crippen LogP contribution in [0.15, 0.2) is 0 Å². The van der Waals surface area contributed by atoms with Crippen molar-refractivity contribution in [3.05, 3.63) is 22.5 Å². The van der Waals surface area contributed by atoms with Crippen LogP contribution in [0.25, 0.3) is 0 Å². The van der Waals surface area contributed by atoms with Crippen LogP contribution in [0.3, 0.4) is 0 Å². The summed E-state index contributed by atoms with van der Waals surface area (Å²) in [5.74, 6) is 0.271. The summed E-state index contributed by atoms with van der Waals surface area (Å²) in [6.45, 7) is 4.13. The minimum atomic E-state index is -0.314. The van der Waals surface area contributed by atoms with Crippen molar-refractivity contribution in [1.82, 2.24) is 9.88 Å². The van der Waals surface area contributed by atoms with E-state index in [9.17, 15) is 14.7 Å². The van der Waals surface area contributed by atoms with Crippen molar-refractivity contribution in [2.45, 2.75) is 26.2 Å². The highest BCUT2D eigenvalue weighted by molar-refractivity contribution is 6.04. The zero-order valence-corrected chi connectivity index (χ0v) is 13.4. The van der Waals surface area contributed by atoms with Crippen molar-refractivity contribution in [2.75, 3.05) is 32.9 Å². The Bertz CT molecular complexity index is 680. The monoisotopic (exact) mass is 318 g/mol. The lowest BCUT2D eigenvalue weighted by molar-refractivity contribution is 0.0626. The maximum Gasteiger partial charge on any atom is 0.270 e. The molecule has 0 spiro atoms. The third-order valence-electron chi connectivity index (χ3n) is 5.77. The van der Waals surface area contributed by atoms with Gasteiger partial charge in [-0.3, -0.25) is 9.59 Å². The van der Waals surface area contributed by atoms with Crippen molar-refractivity contribution in [3.8, 4) is 0 Å². The standard InChI is InChI=1S/C17H22N2O4/c1-10-14-12(3-2-4-13(14)21)18-15(10)16(22)19-5-11-6-23-9-17(11,7-19)8-20/h11,18,20H,2-9H2,1H3/t11-,17-/m0/s1. The van der Waals surface area contributed by atoms with Gasteiger partial charge in [-0.2, -0.15) is 0 Å². The van der Waals surface area contributed by atoms with Gasteiger partial charge in [-0.15, -0.1) is 0 Å². The number of H-pyrrole nitrogens is 1. The van der Waals surface area contributed by atoms with Crippen molar-refractivity contribution < 1.29 is 19.4 Å². The summed E-state index contributed by atoms with van der Waals surface area (Å²) in [7, 11) is 0. The SMILES string of the molecule is Cc1c(C(=O)N2C[C@H]3COC[C@@]3(CO)C2)[nH]c2c1C(=O)CCC2. The number of fused-ring (bicyclic) bond motifs is 2. The molecule has 2 fully saturated rings. The highest BCUT2D eigenvalue weighted by Crippen LogP contribution is 2.41. The van der Waals surface area contributed by atoms with Crippen LogP contribution < -0.4 is 0 Å². The minimum Gasteiger partial charge on any atom is -0.396 e. The van der Waals surface area contributed by atoms with Gasteiger partial charge in [0.05, 0.1) is 19.8 Å². The smallest absolute Gasteiger partial charge is 0.270 e. The van der Waals surface area contributed by atoms with Gasteiger partial charge in [-0.1, -0.05) is 0 Å². The molecule has 0 aromatic carbocycles. The number of amides is 1. The second-order valence-electron chi connectivity index (χ2n) is 7.17. The molecule has 1 aliphatic carbocycles. The molecule has 124 valence electrons. The molecule has 0 radical (unpaired) electrons. The van der Waals surface area contributed by atoms with E-state index in [0.717, 1.165) is 29.7 Å². The molecular weight excluding hydrogens is 296 g/mol. The molecule has 1 aromatic rings. The van der Waals surface area contributed by atoms with Crippen LogP contribution in [0.5, 0.6) is 0 Å². The van der Waals surface area contributed by atoms with Crippen LogP contribution in [0.1, 0.15) is 44.9 Å². The van der Waals surface area contributed by atoms with E-state index in [1.165, 1.54) is 0 Å². The molecule has 6 nitrogen and oxygen atoms in total. The van der Waals surface area contributed by atoms with Crippen molar-refractivity contribution in [3.63, 3.8) is 0 Å². The molecule has 2 saturated heterocycles. The van der Waals surface area contributed by atoms with Gasteiger partial charge in [0.15, 0.2) is 5.78 Å². The maximum atomic E-state index is 12.9. The summed E-state index contributed by atoms with van der Waals surface area (Å²) in [6.07, 6.45) is 2.23. The number of rotatable bonds is 2. The van der Waals surface area contributed by atoms with Crippen LogP contribution in [0.2, 0.25) is 0 Å². The Balaban J connectivity index is 1.63. The van der Waals surface area contributed by atoms with Crippen molar-refractivity contribution in [1.29, 1.82) is 0 Å². The number of aromatic nitrogens is 1. The van der Waals surface area contributed by atoms with Gasteiger partial charge in [-0.05, 0) is 25.3 Å². The highest BCUT2D eigenvalue weighted by atomic mass is 16.5. The molecule has 6 heteroatoms.